The van der Waals surface area contributed by atoms with E-state index in [2.05, 4.69) is 31.4 Å². The van der Waals surface area contributed by atoms with Crippen molar-refractivity contribution in [3.63, 3.8) is 0 Å². The molecule has 198 valence electrons. The molecular formula is C22H18BrN5O9S. The predicted molar refractivity (Wildman–Crippen MR) is 132 cm³/mol. The number of hydrogen-bond donors (Lipinski definition) is 1. The van der Waals surface area contributed by atoms with E-state index in [4.69, 9.17) is 13.9 Å². The van der Waals surface area contributed by atoms with Crippen LogP contribution in [0.15, 0.2) is 56.2 Å². The quantitative estimate of drug-likeness (QED) is 0.188. The second-order valence-corrected chi connectivity index (χ2v) is 9.47. The number of esters is 2. The molecule has 14 nitrogen and oxygen atoms in total. The predicted octanol–water partition coefficient (Wildman–Crippen LogP) is 1.72. The summed E-state index contributed by atoms with van der Waals surface area (Å²) in [7, 11) is 0. The van der Waals surface area contributed by atoms with E-state index in [0.717, 1.165) is 6.39 Å². The van der Waals surface area contributed by atoms with Gasteiger partial charge < -0.3 is 19.2 Å². The molecule has 1 fully saturated rings. The minimum atomic E-state index is -0.967. The Morgan fingerprint density at radius 3 is 2.61 bits per heavy atom. The SMILES string of the molecule is CC(=O)OCC1=C(C(=O)OCc2ccc([N+](=O)[O-])cc2)N2C(=O)C(NC(=O)Cc3nnco3)[C@H]2S/C1=C\Br. The molecule has 1 N–H and O–H groups in total. The summed E-state index contributed by atoms with van der Waals surface area (Å²) in [5, 5.41) is 19.9. The number of hydrogen-bond acceptors (Lipinski definition) is 12. The summed E-state index contributed by atoms with van der Waals surface area (Å²) in [6, 6.07) is 4.45. The number of nitro groups is 1. The number of aromatic nitrogens is 2. The standard InChI is InChI=1S/C22H18BrN5O9S/c1-11(29)35-9-14-15(7-23)38-21-18(25-16(30)6-17-26-24-10-37-17)20(31)27(21)19(14)22(32)36-8-12-2-4-13(5-3-12)28(33)34/h2-5,7,10,18,21H,6,8-9H2,1H3,(H,25,30)/b15-7-/t18?,21-/m1/s1. The van der Waals surface area contributed by atoms with Crippen molar-refractivity contribution in [2.24, 2.45) is 0 Å². The summed E-state index contributed by atoms with van der Waals surface area (Å²) in [6.07, 6.45) is 0.840. The van der Waals surface area contributed by atoms with Crippen molar-refractivity contribution in [3.05, 3.63) is 73.4 Å². The first-order valence-electron chi connectivity index (χ1n) is 10.8. The maximum absolute atomic E-state index is 13.2. The van der Waals surface area contributed by atoms with Crippen LogP contribution in [0.5, 0.6) is 0 Å². The van der Waals surface area contributed by atoms with Gasteiger partial charge in [0.2, 0.25) is 18.2 Å². The number of amides is 2. The Hall–Kier alpha value is -4.05. The van der Waals surface area contributed by atoms with E-state index in [1.807, 2.05) is 0 Å². The highest BCUT2D eigenvalue weighted by Crippen LogP contribution is 2.47. The normalized spacial score (nSPS) is 19.5. The summed E-state index contributed by atoms with van der Waals surface area (Å²) >= 11 is 4.42. The molecule has 2 atom stereocenters. The van der Waals surface area contributed by atoms with Crippen LogP contribution in [0.1, 0.15) is 18.4 Å². The average molecular weight is 608 g/mol. The van der Waals surface area contributed by atoms with Gasteiger partial charge in [-0.1, -0.05) is 27.7 Å². The third kappa shape index (κ3) is 5.75. The third-order valence-electron chi connectivity index (χ3n) is 5.38. The number of rotatable bonds is 9. The number of fused-ring (bicyclic) bond motifs is 1. The molecule has 0 saturated carbocycles. The van der Waals surface area contributed by atoms with Gasteiger partial charge in [0.05, 0.1) is 4.92 Å². The van der Waals surface area contributed by atoms with Crippen LogP contribution in [0.25, 0.3) is 0 Å². The number of carbonyl (C=O) groups excluding carboxylic acids is 4. The minimum absolute atomic E-state index is 0.0718. The molecule has 2 aliphatic heterocycles. The molecule has 0 bridgehead atoms. The summed E-state index contributed by atoms with van der Waals surface area (Å²) in [4.78, 5) is 63.7. The van der Waals surface area contributed by atoms with Gasteiger partial charge >= 0.3 is 11.9 Å². The van der Waals surface area contributed by atoms with Crippen molar-refractivity contribution in [2.45, 2.75) is 31.4 Å². The van der Waals surface area contributed by atoms with Gasteiger partial charge in [0.1, 0.15) is 36.7 Å². The summed E-state index contributed by atoms with van der Waals surface area (Å²) in [6.45, 7) is 0.651. The molecule has 3 heterocycles. The Bertz CT molecular complexity index is 1340. The maximum atomic E-state index is 13.2. The van der Waals surface area contributed by atoms with Gasteiger partial charge in [-0.05, 0) is 22.7 Å². The molecule has 4 rings (SSSR count). The lowest BCUT2D eigenvalue weighted by Crippen LogP contribution is -2.70. The Morgan fingerprint density at radius 2 is 2.00 bits per heavy atom. The van der Waals surface area contributed by atoms with Crippen LogP contribution in [0.4, 0.5) is 5.69 Å². The average Bonchev–Trinajstić information content (AvgIpc) is 3.41. The zero-order chi connectivity index (χ0) is 27.4. The highest BCUT2D eigenvalue weighted by molar-refractivity contribution is 9.11. The Kier molecular flexibility index (Phi) is 8.21. The minimum Gasteiger partial charge on any atom is -0.461 e. The molecule has 1 aromatic heterocycles. The van der Waals surface area contributed by atoms with Crippen molar-refractivity contribution in [2.75, 3.05) is 6.61 Å². The molecule has 0 spiro atoms. The summed E-state index contributed by atoms with van der Waals surface area (Å²) < 4.78 is 15.5. The lowest BCUT2D eigenvalue weighted by molar-refractivity contribution is -0.384. The molecule has 1 saturated heterocycles. The largest absolute Gasteiger partial charge is 0.461 e. The Labute approximate surface area is 226 Å². The number of nitrogens with one attached hydrogen (secondary N) is 1. The van der Waals surface area contributed by atoms with Crippen LogP contribution in [-0.2, 0) is 41.7 Å². The van der Waals surface area contributed by atoms with Crippen LogP contribution in [-0.4, -0.2) is 61.8 Å². The van der Waals surface area contributed by atoms with E-state index in [9.17, 15) is 29.3 Å². The number of ether oxygens (including phenoxy) is 2. The van der Waals surface area contributed by atoms with Gasteiger partial charge in [0.15, 0.2) is 0 Å². The van der Waals surface area contributed by atoms with E-state index in [-0.39, 0.29) is 42.5 Å². The number of non-ortho nitro benzene ring substituents is 1. The van der Waals surface area contributed by atoms with Gasteiger partial charge in [-0.25, -0.2) is 4.79 Å². The maximum Gasteiger partial charge on any atom is 0.355 e. The monoisotopic (exact) mass is 607 g/mol. The molecule has 38 heavy (non-hydrogen) atoms. The van der Waals surface area contributed by atoms with Gasteiger partial charge in [0, 0.05) is 29.5 Å². The van der Waals surface area contributed by atoms with Gasteiger partial charge in [-0.3, -0.25) is 29.4 Å². The molecule has 2 aliphatic rings. The van der Waals surface area contributed by atoms with Crippen LogP contribution in [0.3, 0.4) is 0 Å². The van der Waals surface area contributed by atoms with Crippen molar-refractivity contribution < 1.29 is 38.0 Å². The fraction of sp³-hybridized carbons (Fsp3) is 0.273. The molecular weight excluding hydrogens is 590 g/mol. The number of nitro benzene ring substituents is 1. The van der Waals surface area contributed by atoms with Crippen LogP contribution < -0.4 is 5.32 Å². The fourth-order valence-electron chi connectivity index (χ4n) is 3.61. The highest BCUT2D eigenvalue weighted by atomic mass is 79.9. The second-order valence-electron chi connectivity index (χ2n) is 7.85. The number of carbonyl (C=O) groups is 4. The zero-order valence-electron chi connectivity index (χ0n) is 19.5. The van der Waals surface area contributed by atoms with E-state index in [1.165, 1.54) is 52.8 Å². The first-order valence-corrected chi connectivity index (χ1v) is 12.6. The van der Waals surface area contributed by atoms with Crippen molar-refractivity contribution >= 4 is 57.1 Å². The summed E-state index contributed by atoms with van der Waals surface area (Å²) in [5.74, 6) is -2.51. The fourth-order valence-corrected chi connectivity index (χ4v) is 5.46. The number of β-lactam (4-membered cyclic amide) rings is 1. The second kappa shape index (κ2) is 11.6. The lowest BCUT2D eigenvalue weighted by atomic mass is 10.0. The third-order valence-corrected chi connectivity index (χ3v) is 7.48. The molecule has 1 aromatic carbocycles. The van der Waals surface area contributed by atoms with Gasteiger partial charge in [-0.15, -0.1) is 10.2 Å². The molecule has 0 radical (unpaired) electrons. The van der Waals surface area contributed by atoms with E-state index < -0.39 is 40.1 Å². The van der Waals surface area contributed by atoms with Gasteiger partial charge in [0.25, 0.3) is 11.6 Å². The number of nitrogens with zero attached hydrogens (tertiary/aromatic N) is 4. The first-order chi connectivity index (χ1) is 18.2. The molecule has 16 heteroatoms. The molecule has 2 amide bonds. The van der Waals surface area contributed by atoms with Crippen molar-refractivity contribution in [3.8, 4) is 0 Å². The van der Waals surface area contributed by atoms with Crippen LogP contribution in [0.2, 0.25) is 0 Å². The Morgan fingerprint density at radius 1 is 1.26 bits per heavy atom. The van der Waals surface area contributed by atoms with Gasteiger partial charge in [-0.2, -0.15) is 0 Å². The Balaban J connectivity index is 1.55. The smallest absolute Gasteiger partial charge is 0.355 e. The zero-order valence-corrected chi connectivity index (χ0v) is 21.9. The number of benzene rings is 1. The number of halogens is 1. The van der Waals surface area contributed by atoms with Crippen LogP contribution in [0, 0.1) is 10.1 Å². The molecule has 0 aliphatic carbocycles. The molecule has 2 aromatic rings. The lowest BCUT2D eigenvalue weighted by Gasteiger charge is -2.50. The summed E-state index contributed by atoms with van der Waals surface area (Å²) in [5.41, 5.74) is 0.445. The highest BCUT2D eigenvalue weighted by Gasteiger charge is 2.55. The van der Waals surface area contributed by atoms with Crippen LogP contribution >= 0.6 is 27.7 Å². The topological polar surface area (TPSA) is 184 Å². The number of thioether (sulfide) groups is 1. The van der Waals surface area contributed by atoms with E-state index in [0.29, 0.717) is 10.5 Å². The van der Waals surface area contributed by atoms with Crippen molar-refractivity contribution in [1.29, 1.82) is 0 Å². The van der Waals surface area contributed by atoms with E-state index in [1.54, 1.807) is 0 Å². The van der Waals surface area contributed by atoms with Crippen molar-refractivity contribution in [1.82, 2.24) is 20.4 Å². The molecule has 1 unspecified atom stereocenters. The first kappa shape index (κ1) is 27.0. The van der Waals surface area contributed by atoms with E-state index >= 15 is 0 Å².